The second-order valence-electron chi connectivity index (χ2n) is 5.69. The first-order valence-electron chi connectivity index (χ1n) is 6.57. The lowest BCUT2D eigenvalue weighted by atomic mass is 9.82. The Morgan fingerprint density at radius 2 is 2.19 bits per heavy atom. The van der Waals surface area contributed by atoms with E-state index >= 15 is 0 Å². The fourth-order valence-corrected chi connectivity index (χ4v) is 3.19. The lowest BCUT2D eigenvalue weighted by Gasteiger charge is -2.30. The topological polar surface area (TPSA) is 40.5 Å². The van der Waals surface area contributed by atoms with Crippen LogP contribution in [-0.4, -0.2) is 35.6 Å². The average Bonchev–Trinajstić information content (AvgIpc) is 2.60. The van der Waals surface area contributed by atoms with Crippen molar-refractivity contribution >= 4 is 5.91 Å². The molecule has 3 atom stereocenters. The molecule has 0 aromatic carbocycles. The second-order valence-corrected chi connectivity index (χ2v) is 5.69. The quantitative estimate of drug-likeness (QED) is 0.793. The third kappa shape index (κ3) is 2.76. The molecule has 1 amide bonds. The lowest BCUT2D eigenvalue weighted by molar-refractivity contribution is -0.128. The van der Waals surface area contributed by atoms with Gasteiger partial charge in [0.05, 0.1) is 0 Å². The summed E-state index contributed by atoms with van der Waals surface area (Å²) >= 11 is 0. The summed E-state index contributed by atoms with van der Waals surface area (Å²) < 4.78 is 0. The van der Waals surface area contributed by atoms with Crippen LogP contribution in [0.15, 0.2) is 0 Å². The van der Waals surface area contributed by atoms with Crippen LogP contribution in [0.5, 0.6) is 0 Å². The van der Waals surface area contributed by atoms with E-state index < -0.39 is 0 Å². The highest BCUT2D eigenvalue weighted by atomic mass is 16.3. The van der Waals surface area contributed by atoms with Crippen LogP contribution in [0, 0.1) is 17.8 Å². The van der Waals surface area contributed by atoms with Gasteiger partial charge in [0.25, 0.3) is 0 Å². The van der Waals surface area contributed by atoms with Gasteiger partial charge in [-0.1, -0.05) is 19.8 Å². The van der Waals surface area contributed by atoms with Crippen molar-refractivity contribution in [2.24, 2.45) is 17.8 Å². The summed E-state index contributed by atoms with van der Waals surface area (Å²) in [6, 6.07) is 0. The van der Waals surface area contributed by atoms with Crippen LogP contribution in [0.1, 0.15) is 39.0 Å². The molecule has 1 aliphatic heterocycles. The molecule has 0 bridgehead atoms. The Morgan fingerprint density at radius 3 is 2.81 bits per heavy atom. The maximum Gasteiger partial charge on any atom is 0.223 e. The van der Waals surface area contributed by atoms with E-state index in [1.165, 1.54) is 25.7 Å². The van der Waals surface area contributed by atoms with Gasteiger partial charge in [-0.25, -0.2) is 0 Å². The Balaban J connectivity index is 1.82. The van der Waals surface area contributed by atoms with Crippen LogP contribution >= 0.6 is 0 Å². The molecule has 3 nitrogen and oxygen atoms in total. The van der Waals surface area contributed by atoms with Crippen molar-refractivity contribution in [3.05, 3.63) is 0 Å². The number of carbonyl (C=O) groups excluding carboxylic acids is 1. The van der Waals surface area contributed by atoms with Gasteiger partial charge in [0.2, 0.25) is 5.91 Å². The van der Waals surface area contributed by atoms with E-state index in [9.17, 15) is 4.79 Å². The minimum atomic E-state index is 0.156. The number of aliphatic hydroxyl groups is 1. The zero-order valence-corrected chi connectivity index (χ0v) is 10.2. The summed E-state index contributed by atoms with van der Waals surface area (Å²) in [5.41, 5.74) is 0. The normalized spacial score (nSPS) is 35.8. The lowest BCUT2D eigenvalue weighted by Crippen LogP contribution is -2.33. The highest BCUT2D eigenvalue weighted by Crippen LogP contribution is 2.30. The van der Waals surface area contributed by atoms with E-state index in [2.05, 4.69) is 6.92 Å². The molecule has 1 saturated carbocycles. The molecular weight excluding hydrogens is 202 g/mol. The summed E-state index contributed by atoms with van der Waals surface area (Å²) in [7, 11) is 0. The number of nitrogens with zero attached hydrogens (tertiary/aromatic N) is 1. The smallest absolute Gasteiger partial charge is 0.223 e. The number of aliphatic hydroxyl groups excluding tert-OH is 1. The van der Waals surface area contributed by atoms with Crippen molar-refractivity contribution in [2.45, 2.75) is 39.0 Å². The monoisotopic (exact) mass is 225 g/mol. The van der Waals surface area contributed by atoms with Crippen LogP contribution in [-0.2, 0) is 4.79 Å². The fraction of sp³-hybridized carbons (Fsp3) is 0.923. The summed E-state index contributed by atoms with van der Waals surface area (Å²) in [4.78, 5) is 13.7. The van der Waals surface area contributed by atoms with Gasteiger partial charge in [0.15, 0.2) is 0 Å². The van der Waals surface area contributed by atoms with Crippen molar-refractivity contribution < 1.29 is 9.90 Å². The Kier molecular flexibility index (Phi) is 3.85. The van der Waals surface area contributed by atoms with Gasteiger partial charge >= 0.3 is 0 Å². The van der Waals surface area contributed by atoms with E-state index in [0.29, 0.717) is 12.3 Å². The fourth-order valence-electron chi connectivity index (χ4n) is 3.19. The first kappa shape index (κ1) is 11.9. The standard InChI is InChI=1S/C13H23NO2/c1-10-3-2-4-11(5-10)7-14-8-12(9-15)6-13(14)16/h10-12,15H,2-9H2,1H3. The Hall–Kier alpha value is -0.570. The van der Waals surface area contributed by atoms with Crippen LogP contribution in [0.25, 0.3) is 0 Å². The highest BCUT2D eigenvalue weighted by Gasteiger charge is 2.31. The largest absolute Gasteiger partial charge is 0.396 e. The van der Waals surface area contributed by atoms with Gasteiger partial charge in [-0.05, 0) is 24.7 Å². The summed E-state index contributed by atoms with van der Waals surface area (Å²) in [5.74, 6) is 1.96. The van der Waals surface area contributed by atoms with Gasteiger partial charge in [0.1, 0.15) is 0 Å². The van der Waals surface area contributed by atoms with E-state index in [1.54, 1.807) is 0 Å². The molecule has 2 rings (SSSR count). The minimum absolute atomic E-state index is 0.156. The minimum Gasteiger partial charge on any atom is -0.396 e. The molecule has 1 aliphatic carbocycles. The summed E-state index contributed by atoms with van der Waals surface area (Å²) in [5, 5.41) is 9.07. The third-order valence-corrected chi connectivity index (χ3v) is 4.08. The Labute approximate surface area is 97.8 Å². The maximum absolute atomic E-state index is 11.7. The van der Waals surface area contributed by atoms with Gasteiger partial charge in [0, 0.05) is 32.0 Å². The first-order chi connectivity index (χ1) is 7.69. The van der Waals surface area contributed by atoms with Crippen molar-refractivity contribution in [1.82, 2.24) is 4.90 Å². The predicted molar refractivity (Wildman–Crippen MR) is 62.9 cm³/mol. The molecule has 0 radical (unpaired) electrons. The summed E-state index contributed by atoms with van der Waals surface area (Å²) in [6.45, 7) is 4.18. The van der Waals surface area contributed by atoms with E-state index in [4.69, 9.17) is 5.11 Å². The van der Waals surface area contributed by atoms with Crippen molar-refractivity contribution in [2.75, 3.05) is 19.7 Å². The number of rotatable bonds is 3. The number of carbonyl (C=O) groups is 1. The SMILES string of the molecule is CC1CCCC(CN2CC(CO)CC2=O)C1. The number of hydrogen-bond acceptors (Lipinski definition) is 2. The van der Waals surface area contributed by atoms with Gasteiger partial charge in [-0.15, -0.1) is 0 Å². The van der Waals surface area contributed by atoms with Crippen LogP contribution in [0.3, 0.4) is 0 Å². The molecule has 3 unspecified atom stereocenters. The van der Waals surface area contributed by atoms with E-state index in [1.807, 2.05) is 4.90 Å². The van der Waals surface area contributed by atoms with Crippen molar-refractivity contribution in [1.29, 1.82) is 0 Å². The molecule has 16 heavy (non-hydrogen) atoms. The average molecular weight is 225 g/mol. The molecular formula is C13H23NO2. The maximum atomic E-state index is 11.7. The first-order valence-corrected chi connectivity index (χ1v) is 6.57. The molecule has 92 valence electrons. The Bertz CT molecular complexity index is 254. The number of hydrogen-bond donors (Lipinski definition) is 1. The van der Waals surface area contributed by atoms with Gasteiger partial charge in [-0.3, -0.25) is 4.79 Å². The van der Waals surface area contributed by atoms with Crippen LogP contribution in [0.2, 0.25) is 0 Å². The van der Waals surface area contributed by atoms with Crippen molar-refractivity contribution in [3.8, 4) is 0 Å². The van der Waals surface area contributed by atoms with Crippen LogP contribution < -0.4 is 0 Å². The molecule has 0 aromatic rings. The molecule has 2 aliphatic rings. The predicted octanol–water partition coefficient (Wildman–Crippen LogP) is 1.65. The molecule has 1 N–H and O–H groups in total. The summed E-state index contributed by atoms with van der Waals surface area (Å²) in [6.07, 6.45) is 5.77. The number of amides is 1. The molecule has 0 aromatic heterocycles. The number of likely N-dealkylation sites (tertiary alicyclic amines) is 1. The van der Waals surface area contributed by atoms with E-state index in [0.717, 1.165) is 19.0 Å². The van der Waals surface area contributed by atoms with E-state index in [-0.39, 0.29) is 18.4 Å². The molecule has 1 heterocycles. The highest BCUT2D eigenvalue weighted by molar-refractivity contribution is 5.78. The molecule has 0 spiro atoms. The third-order valence-electron chi connectivity index (χ3n) is 4.08. The van der Waals surface area contributed by atoms with Crippen LogP contribution in [0.4, 0.5) is 0 Å². The van der Waals surface area contributed by atoms with Gasteiger partial charge in [-0.2, -0.15) is 0 Å². The molecule has 3 heteroatoms. The van der Waals surface area contributed by atoms with Gasteiger partial charge < -0.3 is 10.0 Å². The molecule has 1 saturated heterocycles. The van der Waals surface area contributed by atoms with Crippen molar-refractivity contribution in [3.63, 3.8) is 0 Å². The zero-order valence-electron chi connectivity index (χ0n) is 10.2. The molecule has 2 fully saturated rings. The second kappa shape index (κ2) is 5.17. The Morgan fingerprint density at radius 1 is 1.38 bits per heavy atom. The zero-order chi connectivity index (χ0) is 11.5.